The first-order chi connectivity index (χ1) is 9.61. The second-order valence-corrected chi connectivity index (χ2v) is 6.81. The highest BCUT2D eigenvalue weighted by Gasteiger charge is 2.23. The molecular weight excluding hydrogens is 250 g/mol. The SMILES string of the molecule is CCCCCCOCC(O)CNC1CC(C)CC(C)C1. The van der Waals surface area contributed by atoms with E-state index < -0.39 is 0 Å². The highest BCUT2D eigenvalue weighted by molar-refractivity contribution is 4.80. The molecule has 1 saturated carbocycles. The molecule has 0 bridgehead atoms. The number of aliphatic hydroxyl groups excluding tert-OH is 1. The minimum absolute atomic E-state index is 0.367. The fourth-order valence-electron chi connectivity index (χ4n) is 3.33. The molecule has 3 atom stereocenters. The van der Waals surface area contributed by atoms with Gasteiger partial charge >= 0.3 is 0 Å². The molecule has 2 N–H and O–H groups in total. The number of ether oxygens (including phenoxy) is 1. The van der Waals surface area contributed by atoms with Crippen LogP contribution in [-0.2, 0) is 4.74 Å². The van der Waals surface area contributed by atoms with E-state index >= 15 is 0 Å². The van der Waals surface area contributed by atoms with Gasteiger partial charge < -0.3 is 15.2 Å². The third-order valence-electron chi connectivity index (χ3n) is 4.27. The molecule has 0 aromatic carbocycles. The molecule has 0 radical (unpaired) electrons. The summed E-state index contributed by atoms with van der Waals surface area (Å²) in [5.41, 5.74) is 0. The summed E-state index contributed by atoms with van der Waals surface area (Å²) in [5.74, 6) is 1.62. The van der Waals surface area contributed by atoms with E-state index in [1.165, 1.54) is 38.5 Å². The second-order valence-electron chi connectivity index (χ2n) is 6.81. The molecule has 0 heterocycles. The predicted molar refractivity (Wildman–Crippen MR) is 84.9 cm³/mol. The number of nitrogens with one attached hydrogen (secondary N) is 1. The van der Waals surface area contributed by atoms with E-state index in [4.69, 9.17) is 4.74 Å². The van der Waals surface area contributed by atoms with E-state index in [1.54, 1.807) is 0 Å². The summed E-state index contributed by atoms with van der Waals surface area (Å²) < 4.78 is 5.53. The molecule has 3 nitrogen and oxygen atoms in total. The summed E-state index contributed by atoms with van der Waals surface area (Å²) in [4.78, 5) is 0. The van der Waals surface area contributed by atoms with Crippen molar-refractivity contribution in [3.63, 3.8) is 0 Å². The number of hydrogen-bond acceptors (Lipinski definition) is 3. The highest BCUT2D eigenvalue weighted by Crippen LogP contribution is 2.28. The van der Waals surface area contributed by atoms with E-state index in [-0.39, 0.29) is 6.10 Å². The van der Waals surface area contributed by atoms with Crippen molar-refractivity contribution in [1.29, 1.82) is 0 Å². The second kappa shape index (κ2) is 10.6. The molecule has 0 aliphatic heterocycles. The molecule has 3 heteroatoms. The minimum atomic E-state index is -0.367. The average molecular weight is 285 g/mol. The molecule has 120 valence electrons. The molecular formula is C17H35NO2. The lowest BCUT2D eigenvalue weighted by Gasteiger charge is -2.32. The van der Waals surface area contributed by atoms with Gasteiger partial charge in [0.05, 0.1) is 12.7 Å². The Hall–Kier alpha value is -0.120. The van der Waals surface area contributed by atoms with Crippen LogP contribution in [-0.4, -0.2) is 37.0 Å². The van der Waals surface area contributed by atoms with Crippen LogP contribution in [0.2, 0.25) is 0 Å². The van der Waals surface area contributed by atoms with Crippen LogP contribution >= 0.6 is 0 Å². The van der Waals surface area contributed by atoms with Crippen molar-refractivity contribution in [2.75, 3.05) is 19.8 Å². The van der Waals surface area contributed by atoms with Gasteiger partial charge in [0.2, 0.25) is 0 Å². The van der Waals surface area contributed by atoms with E-state index in [2.05, 4.69) is 26.1 Å². The zero-order valence-electron chi connectivity index (χ0n) is 13.7. The van der Waals surface area contributed by atoms with Crippen molar-refractivity contribution >= 4 is 0 Å². The third kappa shape index (κ3) is 8.23. The lowest BCUT2D eigenvalue weighted by atomic mass is 9.80. The lowest BCUT2D eigenvalue weighted by Crippen LogP contribution is -2.41. The first kappa shape index (κ1) is 17.9. The zero-order valence-corrected chi connectivity index (χ0v) is 13.7. The normalized spacial score (nSPS) is 28.5. The van der Waals surface area contributed by atoms with Gasteiger partial charge in [-0.1, -0.05) is 40.0 Å². The summed E-state index contributed by atoms with van der Waals surface area (Å²) in [7, 11) is 0. The van der Waals surface area contributed by atoms with E-state index in [0.29, 0.717) is 19.2 Å². The Morgan fingerprint density at radius 1 is 1.10 bits per heavy atom. The van der Waals surface area contributed by atoms with Gasteiger partial charge in [0.15, 0.2) is 0 Å². The van der Waals surface area contributed by atoms with Gasteiger partial charge in [-0.2, -0.15) is 0 Å². The van der Waals surface area contributed by atoms with Crippen molar-refractivity contribution < 1.29 is 9.84 Å². The van der Waals surface area contributed by atoms with E-state index in [9.17, 15) is 5.11 Å². The van der Waals surface area contributed by atoms with Gasteiger partial charge in [0.25, 0.3) is 0 Å². The predicted octanol–water partition coefficient (Wildman–Crippen LogP) is 3.36. The molecule has 1 fully saturated rings. The van der Waals surface area contributed by atoms with Gasteiger partial charge in [0.1, 0.15) is 0 Å². The first-order valence-corrected chi connectivity index (χ1v) is 8.61. The van der Waals surface area contributed by atoms with Crippen LogP contribution in [0.4, 0.5) is 0 Å². The molecule has 20 heavy (non-hydrogen) atoms. The summed E-state index contributed by atoms with van der Waals surface area (Å²) in [5, 5.41) is 13.4. The molecule has 0 saturated heterocycles. The van der Waals surface area contributed by atoms with Crippen molar-refractivity contribution in [3.05, 3.63) is 0 Å². The molecule has 0 amide bonds. The molecule has 0 spiro atoms. The lowest BCUT2D eigenvalue weighted by molar-refractivity contribution is 0.0325. The topological polar surface area (TPSA) is 41.5 Å². The van der Waals surface area contributed by atoms with Crippen molar-refractivity contribution in [3.8, 4) is 0 Å². The number of unbranched alkanes of at least 4 members (excludes halogenated alkanes) is 3. The van der Waals surface area contributed by atoms with Crippen LogP contribution in [0.1, 0.15) is 65.7 Å². The Kier molecular flexibility index (Phi) is 9.49. The Bertz CT molecular complexity index is 225. The molecule has 1 rings (SSSR count). The fourth-order valence-corrected chi connectivity index (χ4v) is 3.33. The van der Waals surface area contributed by atoms with Crippen molar-refractivity contribution in [1.82, 2.24) is 5.32 Å². The minimum Gasteiger partial charge on any atom is -0.389 e. The number of aliphatic hydroxyl groups is 1. The molecule has 0 aromatic rings. The first-order valence-electron chi connectivity index (χ1n) is 8.61. The van der Waals surface area contributed by atoms with Gasteiger partial charge in [-0.05, 0) is 37.5 Å². The molecule has 1 aliphatic carbocycles. The summed E-state index contributed by atoms with van der Waals surface area (Å²) >= 11 is 0. The summed E-state index contributed by atoms with van der Waals surface area (Å²) in [6, 6.07) is 0.577. The van der Waals surface area contributed by atoms with E-state index in [0.717, 1.165) is 24.9 Å². The van der Waals surface area contributed by atoms with Crippen LogP contribution in [0.25, 0.3) is 0 Å². The summed E-state index contributed by atoms with van der Waals surface area (Å²) in [6.07, 6.45) is 8.37. The van der Waals surface area contributed by atoms with Gasteiger partial charge in [-0.25, -0.2) is 0 Å². The van der Waals surface area contributed by atoms with E-state index in [1.807, 2.05) is 0 Å². The summed E-state index contributed by atoms with van der Waals surface area (Å²) in [6.45, 7) is 8.80. The van der Waals surface area contributed by atoms with Crippen molar-refractivity contribution in [2.45, 2.75) is 77.9 Å². The average Bonchev–Trinajstić information content (AvgIpc) is 2.39. The largest absolute Gasteiger partial charge is 0.389 e. The number of rotatable bonds is 10. The van der Waals surface area contributed by atoms with Crippen LogP contribution < -0.4 is 5.32 Å². The van der Waals surface area contributed by atoms with Crippen LogP contribution in [0, 0.1) is 11.8 Å². The fraction of sp³-hybridized carbons (Fsp3) is 1.00. The maximum absolute atomic E-state index is 9.93. The Morgan fingerprint density at radius 2 is 1.80 bits per heavy atom. The Balaban J connectivity index is 2.00. The highest BCUT2D eigenvalue weighted by atomic mass is 16.5. The number of hydrogen-bond donors (Lipinski definition) is 2. The van der Waals surface area contributed by atoms with Gasteiger partial charge in [-0.15, -0.1) is 0 Å². The Labute approximate surface area is 125 Å². The Morgan fingerprint density at radius 3 is 2.45 bits per heavy atom. The molecule has 3 unspecified atom stereocenters. The maximum atomic E-state index is 9.93. The molecule has 1 aliphatic rings. The van der Waals surface area contributed by atoms with Crippen molar-refractivity contribution in [2.24, 2.45) is 11.8 Å². The van der Waals surface area contributed by atoms with Crippen LogP contribution in [0.15, 0.2) is 0 Å². The molecule has 0 aromatic heterocycles. The van der Waals surface area contributed by atoms with Gasteiger partial charge in [-0.3, -0.25) is 0 Å². The zero-order chi connectivity index (χ0) is 14.8. The maximum Gasteiger partial charge on any atom is 0.0897 e. The van der Waals surface area contributed by atoms with Crippen LogP contribution in [0.3, 0.4) is 0 Å². The smallest absolute Gasteiger partial charge is 0.0897 e. The van der Waals surface area contributed by atoms with Gasteiger partial charge in [0, 0.05) is 19.2 Å². The monoisotopic (exact) mass is 285 g/mol. The van der Waals surface area contributed by atoms with Crippen LogP contribution in [0.5, 0.6) is 0 Å². The standard InChI is InChI=1S/C17H35NO2/c1-4-5-6-7-8-20-13-17(19)12-18-16-10-14(2)9-15(3)11-16/h14-19H,4-13H2,1-3H3. The third-order valence-corrected chi connectivity index (χ3v) is 4.27. The quantitative estimate of drug-likeness (QED) is 0.605.